The van der Waals surface area contributed by atoms with Crippen LogP contribution in [-0.2, 0) is 14.8 Å². The smallest absolute Gasteiger partial charge is 0.411 e. The molecule has 0 atom stereocenters. The molecule has 0 radical (unpaired) electrons. The largest absolute Gasteiger partial charge is 0.448 e. The van der Waals surface area contributed by atoms with Crippen LogP contribution in [0.25, 0.3) is 11.1 Å². The molecule has 0 spiro atoms. The third kappa shape index (κ3) is 4.17. The number of fused-ring (bicyclic) bond motifs is 3. The third-order valence-corrected chi connectivity index (χ3v) is 7.38. The van der Waals surface area contributed by atoms with Crippen LogP contribution in [-0.4, -0.2) is 39.0 Å². The van der Waals surface area contributed by atoms with Crippen LogP contribution in [0.3, 0.4) is 0 Å². The van der Waals surface area contributed by atoms with Gasteiger partial charge in [-0.3, -0.25) is 5.32 Å². The summed E-state index contributed by atoms with van der Waals surface area (Å²) in [5.41, 5.74) is 5.05. The van der Waals surface area contributed by atoms with Crippen molar-refractivity contribution in [1.29, 1.82) is 0 Å². The molecule has 0 aliphatic heterocycles. The molecule has 1 N–H and O–H groups in total. The molecule has 0 bridgehead atoms. The molecule has 1 aliphatic carbocycles. The number of hydrogen-bond acceptors (Lipinski definition) is 4. The Balaban J connectivity index is 1.41. The maximum Gasteiger partial charge on any atom is 0.411 e. The van der Waals surface area contributed by atoms with E-state index in [0.717, 1.165) is 22.3 Å². The predicted octanol–water partition coefficient (Wildman–Crippen LogP) is 4.85. The molecular weight excluding hydrogens is 424 g/mol. The van der Waals surface area contributed by atoms with Gasteiger partial charge in [-0.05, 0) is 46.5 Å². The SMILES string of the molecule is C=CCN(C)S(=O)(=O)c1ccc(NC(=O)OCC2c3ccccc3-c3ccccc32)cc1. The highest BCUT2D eigenvalue weighted by Crippen LogP contribution is 2.44. The van der Waals surface area contributed by atoms with E-state index in [1.54, 1.807) is 0 Å². The van der Waals surface area contributed by atoms with Gasteiger partial charge in [0.15, 0.2) is 0 Å². The highest BCUT2D eigenvalue weighted by atomic mass is 32.2. The van der Waals surface area contributed by atoms with Crippen LogP contribution in [0.15, 0.2) is 90.3 Å². The van der Waals surface area contributed by atoms with Crippen LogP contribution < -0.4 is 5.32 Å². The van der Waals surface area contributed by atoms with Crippen molar-refractivity contribution in [3.05, 3.63) is 96.6 Å². The Kier molecular flexibility index (Phi) is 6.12. The van der Waals surface area contributed by atoms with Gasteiger partial charge >= 0.3 is 6.09 Å². The lowest BCUT2D eigenvalue weighted by Crippen LogP contribution is -2.27. The highest BCUT2D eigenvalue weighted by molar-refractivity contribution is 7.89. The Bertz CT molecular complexity index is 1210. The minimum absolute atomic E-state index is 0.0268. The van der Waals surface area contributed by atoms with Gasteiger partial charge in [0.05, 0.1) is 4.90 Å². The summed E-state index contributed by atoms with van der Waals surface area (Å²) in [6, 6.07) is 22.2. The first-order chi connectivity index (χ1) is 15.4. The number of rotatable bonds is 7. The first kappa shape index (κ1) is 21.8. The molecule has 3 aromatic carbocycles. The normalized spacial score (nSPS) is 12.8. The van der Waals surface area contributed by atoms with Gasteiger partial charge < -0.3 is 4.74 Å². The molecule has 0 saturated carbocycles. The fourth-order valence-corrected chi connectivity index (χ4v) is 5.06. The summed E-state index contributed by atoms with van der Waals surface area (Å²) in [4.78, 5) is 12.5. The number of ether oxygens (including phenoxy) is 1. The van der Waals surface area contributed by atoms with Gasteiger partial charge in [0, 0.05) is 25.2 Å². The minimum Gasteiger partial charge on any atom is -0.448 e. The standard InChI is InChI=1S/C25H24N2O4S/c1-3-16-27(2)32(29,30)19-14-12-18(13-15-19)26-25(28)31-17-24-22-10-6-4-8-20(22)21-9-5-7-11-23(21)24/h3-15,24H,1,16-17H2,2H3,(H,26,28). The molecule has 0 heterocycles. The van der Waals surface area contributed by atoms with Gasteiger partial charge in [-0.2, -0.15) is 4.31 Å². The summed E-state index contributed by atoms with van der Waals surface area (Å²) in [5, 5.41) is 2.66. The second-order valence-electron chi connectivity index (χ2n) is 7.55. The molecule has 164 valence electrons. The summed E-state index contributed by atoms with van der Waals surface area (Å²) < 4.78 is 31.7. The number of nitrogens with one attached hydrogen (secondary N) is 1. The number of carbonyl (C=O) groups is 1. The van der Waals surface area contributed by atoms with Gasteiger partial charge in [-0.15, -0.1) is 6.58 Å². The van der Waals surface area contributed by atoms with E-state index in [2.05, 4.69) is 36.2 Å². The van der Waals surface area contributed by atoms with Crippen molar-refractivity contribution < 1.29 is 17.9 Å². The van der Waals surface area contributed by atoms with E-state index in [9.17, 15) is 13.2 Å². The first-order valence-electron chi connectivity index (χ1n) is 10.2. The molecule has 0 aromatic heterocycles. The Hall–Kier alpha value is -3.42. The molecule has 32 heavy (non-hydrogen) atoms. The Morgan fingerprint density at radius 1 is 1.00 bits per heavy atom. The fraction of sp³-hybridized carbons (Fsp3) is 0.160. The molecule has 7 heteroatoms. The molecule has 0 saturated heterocycles. The van der Waals surface area contributed by atoms with E-state index in [1.165, 1.54) is 41.7 Å². The van der Waals surface area contributed by atoms with Gasteiger partial charge in [0.2, 0.25) is 10.0 Å². The van der Waals surface area contributed by atoms with Gasteiger partial charge in [-0.25, -0.2) is 13.2 Å². The molecule has 0 fully saturated rings. The summed E-state index contributed by atoms with van der Waals surface area (Å²) in [6.45, 7) is 3.98. The number of carbonyl (C=O) groups excluding carboxylic acids is 1. The van der Waals surface area contributed by atoms with Crippen LogP contribution in [0, 0.1) is 0 Å². The van der Waals surface area contributed by atoms with Crippen molar-refractivity contribution in [2.45, 2.75) is 10.8 Å². The van der Waals surface area contributed by atoms with E-state index >= 15 is 0 Å². The van der Waals surface area contributed by atoms with E-state index in [4.69, 9.17) is 4.74 Å². The van der Waals surface area contributed by atoms with Crippen molar-refractivity contribution in [2.75, 3.05) is 25.5 Å². The number of benzene rings is 3. The molecule has 1 amide bonds. The zero-order valence-corrected chi connectivity index (χ0v) is 18.5. The van der Waals surface area contributed by atoms with E-state index < -0.39 is 16.1 Å². The average molecular weight is 449 g/mol. The third-order valence-electron chi connectivity index (χ3n) is 5.54. The number of anilines is 1. The van der Waals surface area contributed by atoms with Crippen molar-refractivity contribution in [3.8, 4) is 11.1 Å². The first-order valence-corrected chi connectivity index (χ1v) is 11.6. The van der Waals surface area contributed by atoms with E-state index in [-0.39, 0.29) is 24.0 Å². The van der Waals surface area contributed by atoms with Crippen molar-refractivity contribution >= 4 is 21.8 Å². The molecular formula is C25H24N2O4S. The van der Waals surface area contributed by atoms with E-state index in [1.807, 2.05) is 24.3 Å². The van der Waals surface area contributed by atoms with Crippen molar-refractivity contribution in [1.82, 2.24) is 4.31 Å². The highest BCUT2D eigenvalue weighted by Gasteiger charge is 2.29. The Morgan fingerprint density at radius 3 is 2.12 bits per heavy atom. The van der Waals surface area contributed by atoms with Crippen LogP contribution >= 0.6 is 0 Å². The van der Waals surface area contributed by atoms with Crippen LogP contribution in [0.5, 0.6) is 0 Å². The van der Waals surface area contributed by atoms with Crippen LogP contribution in [0.2, 0.25) is 0 Å². The van der Waals surface area contributed by atoms with Crippen molar-refractivity contribution in [3.63, 3.8) is 0 Å². The lowest BCUT2D eigenvalue weighted by molar-refractivity contribution is 0.158. The van der Waals surface area contributed by atoms with Crippen LogP contribution in [0.4, 0.5) is 10.5 Å². The summed E-state index contributed by atoms with van der Waals surface area (Å²) in [5.74, 6) is -0.0268. The lowest BCUT2D eigenvalue weighted by Gasteiger charge is -2.16. The summed E-state index contributed by atoms with van der Waals surface area (Å²) >= 11 is 0. The number of amides is 1. The van der Waals surface area contributed by atoms with Crippen LogP contribution in [0.1, 0.15) is 17.0 Å². The molecule has 0 unspecified atom stereocenters. The predicted molar refractivity (Wildman–Crippen MR) is 125 cm³/mol. The molecule has 3 aromatic rings. The Morgan fingerprint density at radius 2 is 1.56 bits per heavy atom. The maximum absolute atomic E-state index is 12.5. The lowest BCUT2D eigenvalue weighted by atomic mass is 9.98. The zero-order chi connectivity index (χ0) is 22.7. The minimum atomic E-state index is -3.61. The maximum atomic E-state index is 12.5. The molecule has 6 nitrogen and oxygen atoms in total. The molecule has 1 aliphatic rings. The summed E-state index contributed by atoms with van der Waals surface area (Å²) in [6.07, 6.45) is 0.927. The average Bonchev–Trinajstić information content (AvgIpc) is 3.12. The number of nitrogens with zero attached hydrogens (tertiary/aromatic N) is 1. The number of sulfonamides is 1. The fourth-order valence-electron chi connectivity index (χ4n) is 3.92. The van der Waals surface area contributed by atoms with Gasteiger partial charge in [-0.1, -0.05) is 54.6 Å². The summed E-state index contributed by atoms with van der Waals surface area (Å²) in [7, 11) is -2.12. The van der Waals surface area contributed by atoms with Gasteiger partial charge in [0.25, 0.3) is 0 Å². The second-order valence-corrected chi connectivity index (χ2v) is 9.59. The Labute approximate surface area is 188 Å². The van der Waals surface area contributed by atoms with E-state index in [0.29, 0.717) is 5.69 Å². The number of likely N-dealkylation sites (N-methyl/N-ethyl adjacent to an activating group) is 1. The quantitative estimate of drug-likeness (QED) is 0.524. The number of hydrogen-bond donors (Lipinski definition) is 1. The molecule has 4 rings (SSSR count). The van der Waals surface area contributed by atoms with Gasteiger partial charge in [0.1, 0.15) is 6.61 Å². The zero-order valence-electron chi connectivity index (χ0n) is 17.7. The monoisotopic (exact) mass is 448 g/mol. The second kappa shape index (κ2) is 8.98. The topological polar surface area (TPSA) is 75.7 Å². The van der Waals surface area contributed by atoms with Crippen molar-refractivity contribution in [2.24, 2.45) is 0 Å².